The number of anilines is 1. The molecule has 1 aliphatic heterocycles. The van der Waals surface area contributed by atoms with Gasteiger partial charge >= 0.3 is 0 Å². The van der Waals surface area contributed by atoms with Gasteiger partial charge in [0, 0.05) is 29.4 Å². The zero-order valence-corrected chi connectivity index (χ0v) is 16.4. The highest BCUT2D eigenvalue weighted by Gasteiger charge is 2.29. The van der Waals surface area contributed by atoms with Crippen molar-refractivity contribution in [2.24, 2.45) is 5.10 Å². The second-order valence-electron chi connectivity index (χ2n) is 7.14. The third-order valence-corrected chi connectivity index (χ3v) is 5.14. The van der Waals surface area contributed by atoms with E-state index in [1.54, 1.807) is 0 Å². The van der Waals surface area contributed by atoms with Crippen LogP contribution in [0, 0.1) is 5.82 Å². The lowest BCUT2D eigenvalue weighted by Gasteiger charge is -2.40. The molecule has 27 heavy (non-hydrogen) atoms. The molecule has 0 bridgehead atoms. The molecule has 2 aromatic carbocycles. The quantitative estimate of drug-likeness (QED) is 0.604. The van der Waals surface area contributed by atoms with Crippen LogP contribution in [-0.4, -0.2) is 24.7 Å². The van der Waals surface area contributed by atoms with Crippen LogP contribution in [0.5, 0.6) is 0 Å². The van der Waals surface area contributed by atoms with E-state index in [0.717, 1.165) is 16.8 Å². The van der Waals surface area contributed by atoms with E-state index in [1.807, 2.05) is 19.2 Å². The zero-order valence-electron chi connectivity index (χ0n) is 15.7. The third-order valence-electron chi connectivity index (χ3n) is 4.81. The van der Waals surface area contributed by atoms with Crippen LogP contribution in [0.3, 0.4) is 0 Å². The second-order valence-corrected chi connectivity index (χ2v) is 7.54. The summed E-state index contributed by atoms with van der Waals surface area (Å²) < 4.78 is 12.9. The highest BCUT2D eigenvalue weighted by molar-refractivity contribution is 6.33. The van der Waals surface area contributed by atoms with Crippen LogP contribution < -0.4 is 10.3 Å². The number of halogens is 2. The van der Waals surface area contributed by atoms with Crippen molar-refractivity contribution >= 4 is 35.0 Å². The Balaban J connectivity index is 1.82. The average molecular weight is 386 g/mol. The Labute approximate surface area is 163 Å². The van der Waals surface area contributed by atoms with Crippen LogP contribution in [-0.2, 0) is 0 Å². The first-order chi connectivity index (χ1) is 12.7. The highest BCUT2D eigenvalue weighted by atomic mass is 35.5. The van der Waals surface area contributed by atoms with Gasteiger partial charge in [-0.2, -0.15) is 5.10 Å². The van der Waals surface area contributed by atoms with Gasteiger partial charge in [0.05, 0.1) is 16.8 Å². The van der Waals surface area contributed by atoms with Crippen molar-refractivity contribution in [1.29, 1.82) is 0 Å². The fourth-order valence-electron chi connectivity index (χ4n) is 3.11. The minimum absolute atomic E-state index is 0.0981. The number of rotatable bonds is 3. The molecule has 4 nitrogen and oxygen atoms in total. The number of carbonyl (C=O) groups is 1. The maximum Gasteiger partial charge on any atom is 0.271 e. The first kappa shape index (κ1) is 19.1. The number of likely N-dealkylation sites (N-methyl/N-ethyl adjacent to an activating group) is 1. The predicted octanol–water partition coefficient (Wildman–Crippen LogP) is 4.87. The molecule has 0 saturated heterocycles. The number of nitrogens with one attached hydrogen (secondary N) is 1. The Morgan fingerprint density at radius 3 is 2.59 bits per heavy atom. The number of benzene rings is 2. The monoisotopic (exact) mass is 385 g/mol. The summed E-state index contributed by atoms with van der Waals surface area (Å²) in [5.74, 6) is -0.814. The van der Waals surface area contributed by atoms with Crippen LogP contribution in [0.4, 0.5) is 10.1 Å². The number of allylic oxidation sites excluding steroid dienone is 1. The Hall–Kier alpha value is -2.66. The number of hydrazone groups is 1. The van der Waals surface area contributed by atoms with Gasteiger partial charge in [-0.15, -0.1) is 0 Å². The Morgan fingerprint density at radius 2 is 1.93 bits per heavy atom. The van der Waals surface area contributed by atoms with E-state index in [9.17, 15) is 9.18 Å². The Bertz CT molecular complexity index is 949. The van der Waals surface area contributed by atoms with Crippen molar-refractivity contribution in [3.63, 3.8) is 0 Å². The fourth-order valence-corrected chi connectivity index (χ4v) is 3.32. The highest BCUT2D eigenvalue weighted by Crippen LogP contribution is 2.40. The van der Waals surface area contributed by atoms with Gasteiger partial charge in [-0.3, -0.25) is 4.79 Å². The lowest BCUT2D eigenvalue weighted by molar-refractivity contribution is 0.0955. The summed E-state index contributed by atoms with van der Waals surface area (Å²) in [6.45, 7) is 6.36. The predicted molar refractivity (Wildman–Crippen MR) is 109 cm³/mol. The number of fused-ring (bicyclic) bond motifs is 1. The van der Waals surface area contributed by atoms with Gasteiger partial charge in [0.2, 0.25) is 0 Å². The lowest BCUT2D eigenvalue weighted by atomic mass is 9.88. The molecule has 140 valence electrons. The number of hydrogen-bond acceptors (Lipinski definition) is 3. The second kappa shape index (κ2) is 7.16. The maximum absolute atomic E-state index is 12.9. The van der Waals surface area contributed by atoms with E-state index in [1.165, 1.54) is 30.5 Å². The summed E-state index contributed by atoms with van der Waals surface area (Å²) in [7, 11) is 2.04. The molecule has 0 saturated carbocycles. The van der Waals surface area contributed by atoms with Crippen LogP contribution in [0.15, 0.2) is 47.6 Å². The van der Waals surface area contributed by atoms with E-state index >= 15 is 0 Å². The molecular weight excluding hydrogens is 365 g/mol. The molecule has 1 amide bonds. The Morgan fingerprint density at radius 1 is 1.26 bits per heavy atom. The van der Waals surface area contributed by atoms with Gasteiger partial charge in [0.25, 0.3) is 5.91 Å². The number of hydrogen-bond donors (Lipinski definition) is 1. The summed E-state index contributed by atoms with van der Waals surface area (Å²) >= 11 is 6.43. The van der Waals surface area contributed by atoms with Crippen molar-refractivity contribution in [1.82, 2.24) is 5.43 Å². The molecule has 0 aliphatic carbocycles. The molecule has 1 N–H and O–H groups in total. The topological polar surface area (TPSA) is 44.7 Å². The van der Waals surface area contributed by atoms with Crippen LogP contribution in [0.25, 0.3) is 5.57 Å². The van der Waals surface area contributed by atoms with Crippen LogP contribution in [0.2, 0.25) is 5.02 Å². The first-order valence-electron chi connectivity index (χ1n) is 8.55. The minimum Gasteiger partial charge on any atom is -0.365 e. The molecule has 0 atom stereocenters. The summed E-state index contributed by atoms with van der Waals surface area (Å²) in [6, 6.07) is 9.13. The van der Waals surface area contributed by atoms with Crippen molar-refractivity contribution in [2.45, 2.75) is 26.3 Å². The smallest absolute Gasteiger partial charge is 0.271 e. The molecule has 0 unspecified atom stereocenters. The third kappa shape index (κ3) is 3.88. The molecule has 6 heteroatoms. The van der Waals surface area contributed by atoms with Crippen LogP contribution >= 0.6 is 11.6 Å². The number of amides is 1. The van der Waals surface area contributed by atoms with Crippen LogP contribution in [0.1, 0.15) is 42.3 Å². The summed E-state index contributed by atoms with van der Waals surface area (Å²) in [6.07, 6.45) is 3.72. The molecule has 2 aromatic rings. The SMILES string of the molecule is CC1=CC(C)(C)N(C)c2cc(Cl)c(/C=N/NC(=O)c3ccc(F)cc3)cc21. The van der Waals surface area contributed by atoms with Crippen molar-refractivity contribution < 1.29 is 9.18 Å². The first-order valence-corrected chi connectivity index (χ1v) is 8.93. The average Bonchev–Trinajstić information content (AvgIpc) is 2.61. The summed E-state index contributed by atoms with van der Waals surface area (Å²) in [5.41, 5.74) is 6.66. The van der Waals surface area contributed by atoms with Gasteiger partial charge in [-0.05, 0) is 62.7 Å². The molecule has 0 spiro atoms. The van der Waals surface area contributed by atoms with Gasteiger partial charge in [-0.1, -0.05) is 17.7 Å². The van der Waals surface area contributed by atoms with Crippen molar-refractivity contribution in [3.05, 3.63) is 70.0 Å². The van der Waals surface area contributed by atoms with E-state index in [2.05, 4.69) is 42.3 Å². The standard InChI is InChI=1S/C21H21ClFN3O/c1-13-11-21(2,3)26(4)19-10-18(22)15(9-17(13)19)12-24-25-20(27)14-5-7-16(23)8-6-14/h5-12H,1-4H3,(H,25,27)/b24-12+. The zero-order chi connectivity index (χ0) is 19.8. The molecule has 3 rings (SSSR count). The van der Waals surface area contributed by atoms with Gasteiger partial charge in [-0.25, -0.2) is 9.82 Å². The maximum atomic E-state index is 12.9. The lowest BCUT2D eigenvalue weighted by Crippen LogP contribution is -2.42. The molecule has 0 radical (unpaired) electrons. The van der Waals surface area contributed by atoms with E-state index < -0.39 is 11.7 Å². The van der Waals surface area contributed by atoms with E-state index in [-0.39, 0.29) is 5.54 Å². The molecule has 1 heterocycles. The summed E-state index contributed by atoms with van der Waals surface area (Å²) in [4.78, 5) is 14.2. The normalized spacial score (nSPS) is 15.5. The number of nitrogens with zero attached hydrogens (tertiary/aromatic N) is 2. The van der Waals surface area contributed by atoms with Crippen molar-refractivity contribution in [2.75, 3.05) is 11.9 Å². The molecule has 0 fully saturated rings. The van der Waals surface area contributed by atoms with Crippen molar-refractivity contribution in [3.8, 4) is 0 Å². The van der Waals surface area contributed by atoms with E-state index in [0.29, 0.717) is 16.1 Å². The van der Waals surface area contributed by atoms with Gasteiger partial charge < -0.3 is 4.90 Å². The van der Waals surface area contributed by atoms with E-state index in [4.69, 9.17) is 11.6 Å². The van der Waals surface area contributed by atoms with Gasteiger partial charge in [0.1, 0.15) is 5.82 Å². The Kier molecular flexibility index (Phi) is 5.07. The minimum atomic E-state index is -0.419. The summed E-state index contributed by atoms with van der Waals surface area (Å²) in [5, 5.41) is 4.53. The molecular formula is C21H21ClFN3O. The fraction of sp³-hybridized carbons (Fsp3) is 0.238. The van der Waals surface area contributed by atoms with Gasteiger partial charge in [0.15, 0.2) is 0 Å². The number of carbonyl (C=O) groups excluding carboxylic acids is 1. The molecule has 1 aliphatic rings. The molecule has 0 aromatic heterocycles. The largest absolute Gasteiger partial charge is 0.365 e.